The highest BCUT2D eigenvalue weighted by Crippen LogP contribution is 2.62. The van der Waals surface area contributed by atoms with Crippen LogP contribution in [0.15, 0.2) is 35.5 Å². The summed E-state index contributed by atoms with van der Waals surface area (Å²) in [5.74, 6) is 1.08. The molecule has 15 atom stereocenters. The van der Waals surface area contributed by atoms with E-state index in [-0.39, 0.29) is 95.7 Å². The summed E-state index contributed by atoms with van der Waals surface area (Å²) >= 11 is 0. The van der Waals surface area contributed by atoms with Crippen molar-refractivity contribution in [2.45, 2.75) is 125 Å². The molecule has 1 amide bonds. The summed E-state index contributed by atoms with van der Waals surface area (Å²) < 4.78 is 20.4. The first-order valence-electron chi connectivity index (χ1n) is 20.5. The molecule has 3 aliphatic carbocycles. The van der Waals surface area contributed by atoms with Crippen molar-refractivity contribution in [1.29, 1.82) is 0 Å². The summed E-state index contributed by atoms with van der Waals surface area (Å²) in [4.78, 5) is 43.4. The molecule has 5 heterocycles. The summed E-state index contributed by atoms with van der Waals surface area (Å²) in [5.41, 5.74) is 6.80. The normalized spacial score (nSPS) is 46.0. The smallest absolute Gasteiger partial charge is 0.334 e. The first-order chi connectivity index (χ1) is 26.0. The summed E-state index contributed by atoms with van der Waals surface area (Å²) in [6.45, 7) is 7.20. The lowest BCUT2D eigenvalue weighted by molar-refractivity contribution is -0.229. The van der Waals surface area contributed by atoms with Crippen molar-refractivity contribution in [1.82, 2.24) is 15.5 Å². The van der Waals surface area contributed by atoms with E-state index >= 15 is 0 Å². The largest absolute Gasteiger partial charge is 0.462 e. The molecule has 5 saturated heterocycles. The molecule has 1 spiro atoms. The number of hydrogen-bond donors (Lipinski definition) is 4. The predicted octanol–water partition coefficient (Wildman–Crippen LogP) is 4.11. The third kappa shape index (κ3) is 6.73. The van der Waals surface area contributed by atoms with Gasteiger partial charge in [0.05, 0.1) is 29.5 Å². The molecular formula is C41H60N4O7S2. The topological polar surface area (TPSA) is 152 Å². The Labute approximate surface area is 328 Å². The average Bonchev–Trinajstić information content (AvgIpc) is 3.51. The zero-order chi connectivity index (χ0) is 37.9. The van der Waals surface area contributed by atoms with Gasteiger partial charge in [-0.1, -0.05) is 51.5 Å². The Kier molecular flexibility index (Phi) is 11.2. The zero-order valence-corrected chi connectivity index (χ0v) is 33.9. The van der Waals surface area contributed by atoms with E-state index in [2.05, 4.69) is 40.7 Å². The van der Waals surface area contributed by atoms with Gasteiger partial charge in [0.2, 0.25) is 5.91 Å². The van der Waals surface area contributed by atoms with E-state index in [9.17, 15) is 19.5 Å². The van der Waals surface area contributed by atoms with Crippen molar-refractivity contribution < 1.29 is 33.7 Å². The Morgan fingerprint density at radius 2 is 2.00 bits per heavy atom. The number of ether oxygens (including phenoxy) is 3. The van der Waals surface area contributed by atoms with Gasteiger partial charge < -0.3 is 40.6 Å². The molecule has 0 radical (unpaired) electrons. The van der Waals surface area contributed by atoms with Crippen LogP contribution in [0.2, 0.25) is 0 Å². The molecule has 8 unspecified atom stereocenters. The third-order valence-corrected chi connectivity index (χ3v) is 17.5. The second kappa shape index (κ2) is 15.5. The Hall–Kier alpha value is -1.87. The summed E-state index contributed by atoms with van der Waals surface area (Å²) in [6.07, 6.45) is 14.0. The highest BCUT2D eigenvalue weighted by Gasteiger charge is 2.68. The number of allylic oxidation sites excluding steroid dienone is 1. The monoisotopic (exact) mass is 784 g/mol. The Morgan fingerprint density at radius 3 is 2.78 bits per heavy atom. The van der Waals surface area contributed by atoms with Crippen LogP contribution in [0.3, 0.4) is 0 Å². The molecule has 0 bridgehead atoms. The Bertz CT molecular complexity index is 1570. The van der Waals surface area contributed by atoms with E-state index in [1.165, 1.54) is 5.57 Å². The van der Waals surface area contributed by atoms with Gasteiger partial charge in [-0.2, -0.15) is 0 Å². The number of carbonyl (C=O) groups excluding carboxylic acids is 3. The van der Waals surface area contributed by atoms with Gasteiger partial charge in [0, 0.05) is 68.2 Å². The first-order valence-corrected chi connectivity index (χ1v) is 22.8. The van der Waals surface area contributed by atoms with Gasteiger partial charge in [0.1, 0.15) is 17.3 Å². The third-order valence-electron chi connectivity index (χ3n) is 14.8. The van der Waals surface area contributed by atoms with Crippen LogP contribution in [-0.4, -0.2) is 107 Å². The molecule has 8 aliphatic rings. The minimum Gasteiger partial charge on any atom is -0.462 e. The number of esters is 2. The van der Waals surface area contributed by atoms with Crippen molar-refractivity contribution >= 4 is 39.4 Å². The van der Waals surface area contributed by atoms with E-state index in [0.29, 0.717) is 56.6 Å². The van der Waals surface area contributed by atoms with E-state index in [1.54, 1.807) is 13.0 Å². The second-order valence-corrected chi connectivity index (χ2v) is 20.2. The predicted molar refractivity (Wildman–Crippen MR) is 210 cm³/mol. The van der Waals surface area contributed by atoms with E-state index in [0.717, 1.165) is 31.6 Å². The lowest BCUT2D eigenvalue weighted by atomic mass is 9.56. The van der Waals surface area contributed by atoms with Crippen LogP contribution in [-0.2, 0) is 28.6 Å². The maximum Gasteiger partial charge on any atom is 0.334 e. The van der Waals surface area contributed by atoms with Crippen molar-refractivity contribution in [3.63, 3.8) is 0 Å². The number of nitrogens with one attached hydrogen (secondary N) is 2. The maximum absolute atomic E-state index is 14.4. The standard InChI is InChI=1S/C41H60N4O7S2/c1-5-22(2)38(48)52-40(3)11-10-24-21-53-54-33-9-8-30(43-4)29-20-45(37(29)33)35(47)15-27-19-44-34(42)16-28(27)36(24)41(40)18-26-14-25-13-23(7-6-12-46)39(49)50-31(25)17-32(26)51-41/h5,8-10,23,25-34,36-37,43-44,46H,6-7,11-21,42H2,1-4H3/t23?,25?,26?,27?,28?,29-,30-,31?,32?,33-,34?,36+,37+,40-,41-/m0/s1. The van der Waals surface area contributed by atoms with Crippen LogP contribution < -0.4 is 16.4 Å². The van der Waals surface area contributed by atoms with Gasteiger partial charge in [-0.05, 0) is 90.0 Å². The number of nitrogens with two attached hydrogens (primary N) is 1. The molecule has 5 aliphatic heterocycles. The van der Waals surface area contributed by atoms with E-state index < -0.39 is 11.2 Å². The highest BCUT2D eigenvalue weighted by atomic mass is 33.1. The van der Waals surface area contributed by atoms with Gasteiger partial charge in [0.25, 0.3) is 0 Å². The molecule has 298 valence electrons. The molecule has 1 saturated carbocycles. The minimum atomic E-state index is -0.978. The SMILES string of the molecule is CC=C(C)C(=O)O[C@@]1(C)CC=C2CSS[C@H]3C=C[C@H](NC)[C@@H]4CN(C(=O)CC5CNC(N)CC5[C@@H]2[C@@]12CC1CC5CC(CCCO)C(=O)OC5CC1O2)[C@H]43. The van der Waals surface area contributed by atoms with Gasteiger partial charge >= 0.3 is 11.9 Å². The molecule has 8 rings (SSSR count). The number of nitrogens with zero attached hydrogens (tertiary/aromatic N) is 1. The summed E-state index contributed by atoms with van der Waals surface area (Å²) in [7, 11) is 5.75. The van der Waals surface area contributed by atoms with Gasteiger partial charge in [-0.25, -0.2) is 4.79 Å². The lowest BCUT2D eigenvalue weighted by Gasteiger charge is -2.58. The molecule has 54 heavy (non-hydrogen) atoms. The minimum absolute atomic E-state index is 0.0220. The van der Waals surface area contributed by atoms with E-state index in [1.807, 2.05) is 35.6 Å². The van der Waals surface area contributed by atoms with Gasteiger partial charge in [-0.3, -0.25) is 9.59 Å². The van der Waals surface area contributed by atoms with Gasteiger partial charge in [0.15, 0.2) is 0 Å². The number of rotatable bonds is 6. The summed E-state index contributed by atoms with van der Waals surface area (Å²) in [6, 6.07) is 0.450. The molecule has 6 fully saturated rings. The first kappa shape index (κ1) is 39.0. The van der Waals surface area contributed by atoms with Crippen LogP contribution in [0.25, 0.3) is 0 Å². The van der Waals surface area contributed by atoms with Crippen molar-refractivity contribution in [3.05, 3.63) is 35.5 Å². The van der Waals surface area contributed by atoms with Crippen molar-refractivity contribution in [2.24, 2.45) is 47.2 Å². The average molecular weight is 785 g/mol. The van der Waals surface area contributed by atoms with Crippen molar-refractivity contribution in [2.75, 3.05) is 32.5 Å². The number of hydrogen-bond acceptors (Lipinski definition) is 12. The number of piperidine rings is 1. The number of aliphatic hydroxyl groups is 1. The number of carbonyl (C=O) groups is 3. The Balaban J connectivity index is 1.17. The second-order valence-electron chi connectivity index (χ2n) is 17.7. The van der Waals surface area contributed by atoms with Crippen LogP contribution in [0.5, 0.6) is 0 Å². The number of likely N-dealkylation sites (N-methyl/N-ethyl adjacent to an activating group) is 1. The highest BCUT2D eigenvalue weighted by molar-refractivity contribution is 8.77. The zero-order valence-electron chi connectivity index (χ0n) is 32.2. The molecule has 11 nitrogen and oxygen atoms in total. The molecule has 13 heteroatoms. The molecule has 0 aromatic heterocycles. The molecular weight excluding hydrogens is 725 g/mol. The Morgan fingerprint density at radius 1 is 1.17 bits per heavy atom. The summed E-state index contributed by atoms with van der Waals surface area (Å²) in [5, 5.41) is 16.7. The number of aliphatic hydroxyl groups excluding tert-OH is 1. The fourth-order valence-corrected chi connectivity index (χ4v) is 14.7. The van der Waals surface area contributed by atoms with Crippen LogP contribution in [0.4, 0.5) is 0 Å². The fraction of sp³-hybridized carbons (Fsp3) is 0.780. The van der Waals surface area contributed by atoms with Crippen LogP contribution in [0, 0.1) is 41.4 Å². The maximum atomic E-state index is 14.4. The fourth-order valence-electron chi connectivity index (χ4n) is 11.8. The van der Waals surface area contributed by atoms with Crippen LogP contribution >= 0.6 is 21.6 Å². The quantitative estimate of drug-likeness (QED) is 0.133. The molecule has 0 aromatic rings. The van der Waals surface area contributed by atoms with Crippen molar-refractivity contribution in [3.8, 4) is 0 Å². The van der Waals surface area contributed by atoms with E-state index in [4.69, 9.17) is 19.9 Å². The van der Waals surface area contributed by atoms with Gasteiger partial charge in [-0.15, -0.1) is 0 Å². The number of fused-ring (bicyclic) bond motifs is 6. The van der Waals surface area contributed by atoms with Crippen LogP contribution in [0.1, 0.15) is 78.6 Å². The molecule has 5 N–H and O–H groups in total. The lowest BCUT2D eigenvalue weighted by Crippen LogP contribution is -2.69. The molecule has 0 aromatic carbocycles. The number of amides is 1.